The van der Waals surface area contributed by atoms with E-state index in [1.807, 2.05) is 6.92 Å². The van der Waals surface area contributed by atoms with E-state index in [0.29, 0.717) is 6.54 Å². The van der Waals surface area contributed by atoms with Crippen LogP contribution < -0.4 is 5.32 Å². The maximum atomic E-state index is 13.5. The molecule has 7 heteroatoms. The van der Waals surface area contributed by atoms with Crippen molar-refractivity contribution in [1.82, 2.24) is 4.90 Å². The van der Waals surface area contributed by atoms with Gasteiger partial charge in [-0.15, -0.1) is 0 Å². The lowest BCUT2D eigenvalue weighted by atomic mass is 10.2. The van der Waals surface area contributed by atoms with Crippen molar-refractivity contribution in [3.8, 4) is 0 Å². The van der Waals surface area contributed by atoms with Gasteiger partial charge in [0.1, 0.15) is 5.82 Å². The summed E-state index contributed by atoms with van der Waals surface area (Å²) in [4.78, 5) is 24.1. The number of aliphatic hydroxyl groups is 1. The molecule has 0 aliphatic heterocycles. The van der Waals surface area contributed by atoms with Gasteiger partial charge >= 0.3 is 12.0 Å². The number of carbonyl (C=O) groups excluding carboxylic acids is 1. The molecule has 0 saturated heterocycles. The number of urea groups is 1. The van der Waals surface area contributed by atoms with Crippen LogP contribution >= 0.6 is 0 Å². The van der Waals surface area contributed by atoms with E-state index < -0.39 is 23.4 Å². The maximum Gasteiger partial charge on any atom is 0.338 e. The van der Waals surface area contributed by atoms with Gasteiger partial charge in [-0.3, -0.25) is 0 Å². The normalized spacial score (nSPS) is 10.2. The van der Waals surface area contributed by atoms with Gasteiger partial charge in [-0.1, -0.05) is 13.3 Å². The van der Waals surface area contributed by atoms with Crippen molar-refractivity contribution in [2.45, 2.75) is 19.8 Å². The van der Waals surface area contributed by atoms with Gasteiger partial charge in [0.05, 0.1) is 12.2 Å². The molecular weight excluding hydrogens is 279 g/mol. The van der Waals surface area contributed by atoms with Crippen LogP contribution in [0, 0.1) is 5.82 Å². The maximum absolute atomic E-state index is 13.5. The molecule has 116 valence electrons. The lowest BCUT2D eigenvalue weighted by Gasteiger charge is -2.22. The first kappa shape index (κ1) is 16.9. The number of anilines is 1. The SMILES string of the molecule is CCCCN(CCO)C(=O)Nc1ccc(C(=O)O)c(F)c1. The average molecular weight is 298 g/mol. The summed E-state index contributed by atoms with van der Waals surface area (Å²) in [5.74, 6) is -2.28. The van der Waals surface area contributed by atoms with Crippen LogP contribution in [0.4, 0.5) is 14.9 Å². The fourth-order valence-electron chi connectivity index (χ4n) is 1.75. The van der Waals surface area contributed by atoms with Crippen molar-refractivity contribution in [1.29, 1.82) is 0 Å². The van der Waals surface area contributed by atoms with E-state index in [9.17, 15) is 14.0 Å². The molecule has 1 aromatic carbocycles. The second-order valence-electron chi connectivity index (χ2n) is 4.49. The van der Waals surface area contributed by atoms with Gasteiger partial charge in [0.15, 0.2) is 0 Å². The van der Waals surface area contributed by atoms with E-state index in [1.54, 1.807) is 0 Å². The fourth-order valence-corrected chi connectivity index (χ4v) is 1.75. The topological polar surface area (TPSA) is 89.9 Å². The lowest BCUT2D eigenvalue weighted by molar-refractivity contribution is 0.0692. The van der Waals surface area contributed by atoms with Crippen molar-refractivity contribution in [2.24, 2.45) is 0 Å². The van der Waals surface area contributed by atoms with Gasteiger partial charge in [-0.25, -0.2) is 14.0 Å². The predicted molar refractivity (Wildman–Crippen MR) is 75.9 cm³/mol. The molecule has 0 fully saturated rings. The number of carbonyl (C=O) groups is 2. The number of unbranched alkanes of at least 4 members (excludes halogenated alkanes) is 1. The van der Waals surface area contributed by atoms with Gasteiger partial charge in [0.2, 0.25) is 0 Å². The highest BCUT2D eigenvalue weighted by Crippen LogP contribution is 2.15. The van der Waals surface area contributed by atoms with Gasteiger partial charge in [-0.2, -0.15) is 0 Å². The Kier molecular flexibility index (Phi) is 6.61. The van der Waals surface area contributed by atoms with Crippen LogP contribution in [0.3, 0.4) is 0 Å². The highest BCUT2D eigenvalue weighted by atomic mass is 19.1. The third-order valence-corrected chi connectivity index (χ3v) is 2.89. The minimum atomic E-state index is -1.37. The zero-order valence-electron chi connectivity index (χ0n) is 11.8. The first-order chi connectivity index (χ1) is 9.99. The molecule has 2 amide bonds. The summed E-state index contributed by atoms with van der Waals surface area (Å²) in [6.45, 7) is 2.48. The highest BCUT2D eigenvalue weighted by molar-refractivity contribution is 5.91. The number of nitrogens with one attached hydrogen (secondary N) is 1. The lowest BCUT2D eigenvalue weighted by Crippen LogP contribution is -2.37. The van der Waals surface area contributed by atoms with E-state index >= 15 is 0 Å². The summed E-state index contributed by atoms with van der Waals surface area (Å²) < 4.78 is 13.5. The highest BCUT2D eigenvalue weighted by Gasteiger charge is 2.15. The number of hydrogen-bond donors (Lipinski definition) is 3. The Morgan fingerprint density at radius 2 is 2.05 bits per heavy atom. The first-order valence-corrected chi connectivity index (χ1v) is 6.69. The third-order valence-electron chi connectivity index (χ3n) is 2.89. The van der Waals surface area contributed by atoms with Crippen molar-refractivity contribution >= 4 is 17.7 Å². The van der Waals surface area contributed by atoms with E-state index in [2.05, 4.69) is 5.32 Å². The molecule has 0 aliphatic rings. The molecule has 0 heterocycles. The summed E-state index contributed by atoms with van der Waals surface area (Å²) in [6.07, 6.45) is 1.69. The molecular formula is C14H19FN2O4. The van der Waals surface area contributed by atoms with Gasteiger partial charge in [-0.05, 0) is 24.6 Å². The molecule has 1 aromatic rings. The number of carboxylic acids is 1. The molecule has 21 heavy (non-hydrogen) atoms. The predicted octanol–water partition coefficient (Wildman–Crippen LogP) is 2.15. The first-order valence-electron chi connectivity index (χ1n) is 6.69. The Balaban J connectivity index is 2.76. The summed E-state index contributed by atoms with van der Waals surface area (Å²) in [6, 6.07) is 2.91. The Bertz CT molecular complexity index is 508. The number of benzene rings is 1. The van der Waals surface area contributed by atoms with Gasteiger partial charge in [0, 0.05) is 18.8 Å². The van der Waals surface area contributed by atoms with E-state index in [-0.39, 0.29) is 18.8 Å². The van der Waals surface area contributed by atoms with Crippen molar-refractivity contribution in [2.75, 3.05) is 25.0 Å². The number of rotatable bonds is 7. The van der Waals surface area contributed by atoms with E-state index in [1.165, 1.54) is 11.0 Å². The second kappa shape index (κ2) is 8.21. The van der Waals surface area contributed by atoms with Gasteiger partial charge < -0.3 is 20.4 Å². The fraction of sp³-hybridized carbons (Fsp3) is 0.429. The molecule has 6 nitrogen and oxygen atoms in total. The summed E-state index contributed by atoms with van der Waals surface area (Å²) in [7, 11) is 0. The number of carboxylic acid groups (broad SMARTS) is 1. The third kappa shape index (κ3) is 5.03. The molecule has 0 aliphatic carbocycles. The largest absolute Gasteiger partial charge is 0.478 e. The van der Waals surface area contributed by atoms with Crippen LogP contribution in [0.5, 0.6) is 0 Å². The molecule has 0 radical (unpaired) electrons. The Hall–Kier alpha value is -2.15. The Morgan fingerprint density at radius 1 is 1.33 bits per heavy atom. The quantitative estimate of drug-likeness (QED) is 0.719. The molecule has 0 aromatic heterocycles. The summed E-state index contributed by atoms with van der Waals surface area (Å²) in [5.41, 5.74) is -0.284. The number of halogens is 1. The van der Waals surface area contributed by atoms with Crippen LogP contribution in [0.1, 0.15) is 30.1 Å². The van der Waals surface area contributed by atoms with Crippen molar-refractivity contribution < 1.29 is 24.2 Å². The van der Waals surface area contributed by atoms with Crippen LogP contribution in [0.15, 0.2) is 18.2 Å². The zero-order chi connectivity index (χ0) is 15.8. The Morgan fingerprint density at radius 3 is 2.57 bits per heavy atom. The molecule has 0 saturated carbocycles. The number of hydrogen-bond acceptors (Lipinski definition) is 3. The van der Waals surface area contributed by atoms with Crippen LogP contribution in [0.2, 0.25) is 0 Å². The van der Waals surface area contributed by atoms with Crippen molar-refractivity contribution in [3.05, 3.63) is 29.6 Å². The summed E-state index contributed by atoms with van der Waals surface area (Å²) in [5, 5.41) is 20.2. The number of aromatic carboxylic acids is 1. The molecule has 0 bridgehead atoms. The van der Waals surface area contributed by atoms with E-state index in [0.717, 1.165) is 25.0 Å². The second-order valence-corrected chi connectivity index (χ2v) is 4.49. The van der Waals surface area contributed by atoms with E-state index in [4.69, 9.17) is 10.2 Å². The molecule has 0 unspecified atom stereocenters. The van der Waals surface area contributed by atoms with Crippen molar-refractivity contribution in [3.63, 3.8) is 0 Å². The Labute approximate surface area is 122 Å². The molecule has 0 spiro atoms. The molecule has 0 atom stereocenters. The monoisotopic (exact) mass is 298 g/mol. The van der Waals surface area contributed by atoms with Gasteiger partial charge in [0.25, 0.3) is 0 Å². The zero-order valence-corrected chi connectivity index (χ0v) is 11.8. The standard InChI is InChI=1S/C14H19FN2O4/c1-2-3-6-17(7-8-18)14(21)16-10-4-5-11(13(19)20)12(15)9-10/h4-5,9,18H,2-3,6-8H2,1H3,(H,16,21)(H,19,20). The molecule has 1 rings (SSSR count). The van der Waals surface area contributed by atoms with Crippen LogP contribution in [-0.2, 0) is 0 Å². The number of aliphatic hydroxyl groups excluding tert-OH is 1. The summed E-state index contributed by atoms with van der Waals surface area (Å²) >= 11 is 0. The van der Waals surface area contributed by atoms with Crippen LogP contribution in [-0.4, -0.2) is 46.8 Å². The minimum Gasteiger partial charge on any atom is -0.478 e. The smallest absolute Gasteiger partial charge is 0.338 e. The molecule has 3 N–H and O–H groups in total. The number of amides is 2. The average Bonchev–Trinajstić information content (AvgIpc) is 2.43. The number of nitrogens with zero attached hydrogens (tertiary/aromatic N) is 1. The minimum absolute atomic E-state index is 0.163. The van der Waals surface area contributed by atoms with Crippen LogP contribution in [0.25, 0.3) is 0 Å².